The van der Waals surface area contributed by atoms with Crippen LogP contribution in [0.15, 0.2) is 0 Å². The summed E-state index contributed by atoms with van der Waals surface area (Å²) < 4.78 is -0.191. The van der Waals surface area contributed by atoms with Crippen molar-refractivity contribution in [3.05, 3.63) is 0 Å². The van der Waals surface area contributed by atoms with Crippen molar-refractivity contribution in [1.29, 1.82) is 0 Å². The quantitative estimate of drug-likeness (QED) is 0.321. The van der Waals surface area contributed by atoms with E-state index in [9.17, 15) is 4.79 Å². The van der Waals surface area contributed by atoms with Gasteiger partial charge in [-0.3, -0.25) is 4.79 Å². The summed E-state index contributed by atoms with van der Waals surface area (Å²) in [6.45, 7) is 2.11. The molecule has 4 heteroatoms. The number of hydrogen-bond donors (Lipinski definition) is 1. The van der Waals surface area contributed by atoms with Crippen LogP contribution in [0.1, 0.15) is 34.0 Å². The van der Waals surface area contributed by atoms with E-state index >= 15 is 0 Å². The van der Waals surface area contributed by atoms with Crippen molar-refractivity contribution < 1.29 is 40.9 Å². The Morgan fingerprint density at radius 3 is 2.55 bits per heavy atom. The maximum Gasteiger partial charge on any atom is 1.00 e. The fourth-order valence-corrected chi connectivity index (χ4v) is 1.14. The molecule has 0 fully saturated rings. The van der Waals surface area contributed by atoms with Gasteiger partial charge in [0.25, 0.3) is 0 Å². The van der Waals surface area contributed by atoms with Crippen LogP contribution < -0.4 is 29.6 Å². The maximum absolute atomic E-state index is 10.3. The number of carboxylic acids is 1. The number of carboxylic acid groups (broad SMARTS) is 1. The summed E-state index contributed by atoms with van der Waals surface area (Å²) in [5.74, 6) is -0.684. The summed E-state index contributed by atoms with van der Waals surface area (Å²) in [5, 5.41) is 8.47. The topological polar surface area (TPSA) is 37.3 Å². The van der Waals surface area contributed by atoms with E-state index in [1.165, 1.54) is 0 Å². The Labute approximate surface area is 105 Å². The number of alkyl halides is 1. The molecule has 0 heterocycles. The standard InChI is InChI=1S/C7H13IO2.Na.H/c1-2-3-4-5-6(8)7(9)10;;/h6H,2-5H2,1H3,(H,9,10);;/q;+1;-1. The summed E-state index contributed by atoms with van der Waals surface area (Å²) in [6, 6.07) is 0. The molecule has 11 heavy (non-hydrogen) atoms. The molecule has 0 bridgehead atoms. The van der Waals surface area contributed by atoms with Crippen LogP contribution in [0.2, 0.25) is 0 Å². The van der Waals surface area contributed by atoms with E-state index in [2.05, 4.69) is 6.92 Å². The third-order valence-corrected chi connectivity index (χ3v) is 2.48. The molecule has 0 aromatic carbocycles. The van der Waals surface area contributed by atoms with Crippen molar-refractivity contribution >= 4 is 28.6 Å². The van der Waals surface area contributed by atoms with Gasteiger partial charge < -0.3 is 6.53 Å². The second kappa shape index (κ2) is 9.29. The maximum atomic E-state index is 10.3. The van der Waals surface area contributed by atoms with Gasteiger partial charge >= 0.3 is 35.5 Å². The molecule has 0 aliphatic carbocycles. The monoisotopic (exact) mass is 280 g/mol. The molecule has 0 amide bonds. The van der Waals surface area contributed by atoms with Gasteiger partial charge in [0.05, 0.1) is 0 Å². The molecule has 1 unspecified atom stereocenters. The largest absolute Gasteiger partial charge is 1.00 e. The summed E-state index contributed by atoms with van der Waals surface area (Å²) in [6.07, 6.45) is 4.15. The average Bonchev–Trinajstić information content (AvgIpc) is 1.88. The number of carbonyl (C=O) groups is 1. The summed E-state index contributed by atoms with van der Waals surface area (Å²) in [5.41, 5.74) is 0. The second-order valence-electron chi connectivity index (χ2n) is 2.30. The van der Waals surface area contributed by atoms with E-state index in [-0.39, 0.29) is 34.9 Å². The number of halogens is 1. The van der Waals surface area contributed by atoms with E-state index in [0.717, 1.165) is 25.7 Å². The van der Waals surface area contributed by atoms with Gasteiger partial charge in [0, 0.05) is 0 Å². The Bertz CT molecular complexity index is 114. The summed E-state index contributed by atoms with van der Waals surface area (Å²) >= 11 is 1.97. The van der Waals surface area contributed by atoms with E-state index in [1.807, 2.05) is 22.6 Å². The van der Waals surface area contributed by atoms with Gasteiger partial charge in [0.2, 0.25) is 0 Å². The molecule has 1 atom stereocenters. The minimum Gasteiger partial charge on any atom is -1.00 e. The predicted molar refractivity (Wildman–Crippen MR) is 50.7 cm³/mol. The van der Waals surface area contributed by atoms with Crippen LogP contribution >= 0.6 is 22.6 Å². The van der Waals surface area contributed by atoms with Crippen LogP contribution in [-0.4, -0.2) is 15.0 Å². The van der Waals surface area contributed by atoms with Crippen molar-refractivity contribution in [2.24, 2.45) is 0 Å². The first-order valence-corrected chi connectivity index (χ1v) is 4.80. The molecule has 2 nitrogen and oxygen atoms in total. The van der Waals surface area contributed by atoms with Gasteiger partial charge in [0.1, 0.15) is 3.92 Å². The van der Waals surface area contributed by atoms with Gasteiger partial charge in [0.15, 0.2) is 0 Å². The number of unbranched alkanes of at least 4 members (excludes halogenated alkanes) is 2. The van der Waals surface area contributed by atoms with E-state index in [1.54, 1.807) is 0 Å². The number of aliphatic carboxylic acids is 1. The third-order valence-electron chi connectivity index (χ3n) is 1.33. The van der Waals surface area contributed by atoms with Crippen molar-refractivity contribution in [3.8, 4) is 0 Å². The molecule has 0 saturated heterocycles. The van der Waals surface area contributed by atoms with E-state index in [0.29, 0.717) is 0 Å². The molecule has 0 aromatic rings. The van der Waals surface area contributed by atoms with E-state index in [4.69, 9.17) is 5.11 Å². The summed E-state index contributed by atoms with van der Waals surface area (Å²) in [7, 11) is 0. The first-order chi connectivity index (χ1) is 4.68. The first kappa shape index (κ1) is 14.7. The first-order valence-electron chi connectivity index (χ1n) is 3.55. The van der Waals surface area contributed by atoms with Gasteiger partial charge in [-0.15, -0.1) is 0 Å². The fraction of sp³-hybridized carbons (Fsp3) is 0.857. The molecule has 0 radical (unpaired) electrons. The average molecular weight is 280 g/mol. The Morgan fingerprint density at radius 1 is 1.64 bits per heavy atom. The Kier molecular flexibility index (Phi) is 12.4. The fourth-order valence-electron chi connectivity index (χ4n) is 0.697. The van der Waals surface area contributed by atoms with Crippen molar-refractivity contribution in [3.63, 3.8) is 0 Å². The molecule has 0 aliphatic heterocycles. The second-order valence-corrected chi connectivity index (χ2v) is 3.81. The minimum absolute atomic E-state index is 0. The SMILES string of the molecule is CCCCCC(I)C(=O)O.[H-].[Na+]. The molecule has 0 rings (SSSR count). The Hall–Kier alpha value is 1.20. The molecule has 0 saturated carbocycles. The van der Waals surface area contributed by atoms with Crippen LogP contribution in [0.4, 0.5) is 0 Å². The molecular formula is C7H14INaO2. The van der Waals surface area contributed by atoms with Crippen molar-refractivity contribution in [2.45, 2.75) is 36.5 Å². The van der Waals surface area contributed by atoms with Crippen LogP contribution in [0, 0.1) is 0 Å². The Balaban J connectivity index is -0.000000405. The predicted octanol–water partition coefficient (Wildman–Crippen LogP) is -0.429. The molecule has 0 spiro atoms. The smallest absolute Gasteiger partial charge is 1.00 e. The zero-order valence-electron chi connectivity index (χ0n) is 8.14. The van der Waals surface area contributed by atoms with Gasteiger partial charge in [-0.25, -0.2) is 0 Å². The molecule has 0 aromatic heterocycles. The van der Waals surface area contributed by atoms with Crippen molar-refractivity contribution in [1.82, 2.24) is 0 Å². The molecule has 62 valence electrons. The van der Waals surface area contributed by atoms with Crippen LogP contribution in [0.3, 0.4) is 0 Å². The zero-order chi connectivity index (χ0) is 7.98. The third kappa shape index (κ3) is 9.11. The van der Waals surface area contributed by atoms with Crippen LogP contribution in [-0.2, 0) is 4.79 Å². The van der Waals surface area contributed by atoms with Crippen LogP contribution in [0.25, 0.3) is 0 Å². The number of rotatable bonds is 5. The van der Waals surface area contributed by atoms with Gasteiger partial charge in [-0.1, -0.05) is 48.8 Å². The van der Waals surface area contributed by atoms with Gasteiger partial charge in [-0.2, -0.15) is 0 Å². The van der Waals surface area contributed by atoms with Crippen molar-refractivity contribution in [2.75, 3.05) is 0 Å². The molecule has 1 N–H and O–H groups in total. The Morgan fingerprint density at radius 2 is 2.18 bits per heavy atom. The minimum atomic E-state index is -0.684. The van der Waals surface area contributed by atoms with E-state index < -0.39 is 5.97 Å². The van der Waals surface area contributed by atoms with Gasteiger partial charge in [-0.05, 0) is 6.42 Å². The molecular weight excluding hydrogens is 266 g/mol. The summed E-state index contributed by atoms with van der Waals surface area (Å²) in [4.78, 5) is 10.3. The number of hydrogen-bond acceptors (Lipinski definition) is 1. The normalized spacial score (nSPS) is 11.8. The van der Waals surface area contributed by atoms with Crippen LogP contribution in [0.5, 0.6) is 0 Å². The zero-order valence-corrected chi connectivity index (χ0v) is 11.3. The molecule has 0 aliphatic rings.